The van der Waals surface area contributed by atoms with E-state index in [-0.39, 0.29) is 28.4 Å². The van der Waals surface area contributed by atoms with Gasteiger partial charge >= 0.3 is 0 Å². The molecular formula is C15H11N3O5. The number of methoxy groups -OCH3 is 1. The highest BCUT2D eigenvalue weighted by atomic mass is 16.5. The van der Waals surface area contributed by atoms with E-state index in [1.54, 1.807) is 0 Å². The normalized spacial score (nSPS) is 12.7. The van der Waals surface area contributed by atoms with Gasteiger partial charge in [0, 0.05) is 11.6 Å². The topological polar surface area (TPSA) is 120 Å². The fraction of sp³-hybridized carbons (Fsp3) is 0.0667. The summed E-state index contributed by atoms with van der Waals surface area (Å²) in [5.41, 5.74) is 5.68. The predicted molar refractivity (Wildman–Crippen MR) is 80.2 cm³/mol. The van der Waals surface area contributed by atoms with Crippen molar-refractivity contribution in [2.24, 2.45) is 0 Å². The van der Waals surface area contributed by atoms with Gasteiger partial charge in [0.1, 0.15) is 17.9 Å². The zero-order chi connectivity index (χ0) is 16.7. The molecule has 23 heavy (non-hydrogen) atoms. The highest BCUT2D eigenvalue weighted by Gasteiger charge is 2.32. The molecule has 2 amide bonds. The molecule has 116 valence electrons. The van der Waals surface area contributed by atoms with Crippen LogP contribution in [0, 0.1) is 0 Å². The standard InChI is InChI=1S/C15H11N3O5/c1-23-10-3-2-7(6-19)4-9(10)18-11(20)5-8-12(13(18)16)15(22)17-14(8)21/h2-6H,16H2,1H3,(H,17,21,22). The van der Waals surface area contributed by atoms with Gasteiger partial charge in [-0.1, -0.05) is 0 Å². The zero-order valence-electron chi connectivity index (χ0n) is 12.0. The van der Waals surface area contributed by atoms with Gasteiger partial charge in [-0.2, -0.15) is 0 Å². The van der Waals surface area contributed by atoms with E-state index >= 15 is 0 Å². The van der Waals surface area contributed by atoms with E-state index in [1.165, 1.54) is 25.3 Å². The first-order valence-corrected chi connectivity index (χ1v) is 6.52. The number of aldehydes is 1. The highest BCUT2D eigenvalue weighted by Crippen LogP contribution is 2.28. The molecule has 0 radical (unpaired) electrons. The van der Waals surface area contributed by atoms with Crippen LogP contribution in [-0.4, -0.2) is 29.8 Å². The summed E-state index contributed by atoms with van der Waals surface area (Å²) in [6.07, 6.45) is 0.605. The van der Waals surface area contributed by atoms with Crippen LogP contribution in [0.25, 0.3) is 5.69 Å². The number of nitrogen functional groups attached to an aromatic ring is 1. The number of imide groups is 1. The maximum atomic E-state index is 12.4. The molecule has 1 aromatic carbocycles. The van der Waals surface area contributed by atoms with E-state index in [0.717, 1.165) is 10.6 Å². The average Bonchev–Trinajstić information content (AvgIpc) is 2.81. The number of aromatic nitrogens is 1. The van der Waals surface area contributed by atoms with Crippen LogP contribution in [0.15, 0.2) is 29.1 Å². The molecule has 3 N–H and O–H groups in total. The van der Waals surface area contributed by atoms with Crippen molar-refractivity contribution in [2.75, 3.05) is 12.8 Å². The third kappa shape index (κ3) is 2.08. The van der Waals surface area contributed by atoms with Gasteiger partial charge in [-0.3, -0.25) is 29.1 Å². The second kappa shape index (κ2) is 5.09. The first-order chi connectivity index (χ1) is 11.0. The first kappa shape index (κ1) is 14.5. The number of benzene rings is 1. The Labute approximate surface area is 129 Å². The van der Waals surface area contributed by atoms with Gasteiger partial charge in [-0.25, -0.2) is 0 Å². The quantitative estimate of drug-likeness (QED) is 0.613. The number of fused-ring (bicyclic) bond motifs is 1. The smallest absolute Gasteiger partial charge is 0.262 e. The number of hydrogen-bond donors (Lipinski definition) is 2. The van der Waals surface area contributed by atoms with Crippen LogP contribution in [0.2, 0.25) is 0 Å². The Bertz CT molecular complexity index is 929. The van der Waals surface area contributed by atoms with Crippen LogP contribution in [0.1, 0.15) is 31.1 Å². The average molecular weight is 313 g/mol. The molecule has 2 aromatic rings. The Kier molecular flexibility index (Phi) is 3.21. The number of pyridine rings is 1. The van der Waals surface area contributed by atoms with Crippen molar-refractivity contribution in [2.45, 2.75) is 0 Å². The maximum absolute atomic E-state index is 12.4. The summed E-state index contributed by atoms with van der Waals surface area (Å²) in [6, 6.07) is 5.45. The van der Waals surface area contributed by atoms with Gasteiger partial charge in [-0.15, -0.1) is 0 Å². The third-order valence-corrected chi connectivity index (χ3v) is 3.53. The summed E-state index contributed by atoms with van der Waals surface area (Å²) >= 11 is 0. The van der Waals surface area contributed by atoms with Crippen LogP contribution in [0.5, 0.6) is 5.75 Å². The lowest BCUT2D eigenvalue weighted by atomic mass is 10.1. The summed E-state index contributed by atoms with van der Waals surface area (Å²) in [7, 11) is 1.39. The molecule has 0 saturated heterocycles. The molecule has 3 rings (SSSR count). The number of nitrogens with one attached hydrogen (secondary N) is 1. The molecule has 0 bridgehead atoms. The summed E-state index contributed by atoms with van der Waals surface area (Å²) < 4.78 is 6.21. The summed E-state index contributed by atoms with van der Waals surface area (Å²) in [5, 5.41) is 2.08. The molecule has 8 heteroatoms. The lowest BCUT2D eigenvalue weighted by molar-refractivity contribution is 0.0879. The Balaban J connectivity index is 2.37. The highest BCUT2D eigenvalue weighted by molar-refractivity contribution is 6.23. The summed E-state index contributed by atoms with van der Waals surface area (Å²) in [5.74, 6) is -1.26. The number of nitrogens with zero attached hydrogens (tertiary/aromatic N) is 1. The number of ether oxygens (including phenoxy) is 1. The SMILES string of the molecule is COc1ccc(C=O)cc1-n1c(N)c2c(cc1=O)C(=O)NC2=O. The van der Waals surface area contributed by atoms with Crippen LogP contribution >= 0.6 is 0 Å². The number of hydrogen-bond acceptors (Lipinski definition) is 6. The van der Waals surface area contributed by atoms with Crippen LogP contribution in [-0.2, 0) is 0 Å². The molecule has 0 aliphatic carbocycles. The van der Waals surface area contributed by atoms with Crippen molar-refractivity contribution in [3.8, 4) is 11.4 Å². The largest absolute Gasteiger partial charge is 0.495 e. The van der Waals surface area contributed by atoms with E-state index in [1.807, 2.05) is 0 Å². The monoisotopic (exact) mass is 313 g/mol. The molecule has 2 heterocycles. The van der Waals surface area contributed by atoms with E-state index in [0.29, 0.717) is 11.8 Å². The molecule has 0 spiro atoms. The van der Waals surface area contributed by atoms with Gasteiger partial charge in [-0.05, 0) is 18.2 Å². The number of carbonyl (C=O) groups is 3. The van der Waals surface area contributed by atoms with Crippen molar-refractivity contribution >= 4 is 23.9 Å². The fourth-order valence-corrected chi connectivity index (χ4v) is 2.48. The zero-order valence-corrected chi connectivity index (χ0v) is 12.0. The molecule has 0 atom stereocenters. The fourth-order valence-electron chi connectivity index (χ4n) is 2.48. The molecule has 0 unspecified atom stereocenters. The Morgan fingerprint density at radius 2 is 1.91 bits per heavy atom. The van der Waals surface area contributed by atoms with Gasteiger partial charge < -0.3 is 10.5 Å². The van der Waals surface area contributed by atoms with E-state index in [2.05, 4.69) is 5.32 Å². The number of rotatable bonds is 3. The minimum Gasteiger partial charge on any atom is -0.495 e. The Hall–Kier alpha value is -3.42. The number of nitrogens with two attached hydrogens (primary N) is 1. The second-order valence-corrected chi connectivity index (χ2v) is 4.82. The van der Waals surface area contributed by atoms with Crippen molar-refractivity contribution in [3.63, 3.8) is 0 Å². The van der Waals surface area contributed by atoms with Crippen molar-refractivity contribution in [1.82, 2.24) is 9.88 Å². The van der Waals surface area contributed by atoms with E-state index in [4.69, 9.17) is 10.5 Å². The van der Waals surface area contributed by atoms with E-state index in [9.17, 15) is 19.2 Å². The van der Waals surface area contributed by atoms with Crippen molar-refractivity contribution in [1.29, 1.82) is 0 Å². The third-order valence-electron chi connectivity index (χ3n) is 3.53. The predicted octanol–water partition coefficient (Wildman–Crippen LogP) is 0.124. The first-order valence-electron chi connectivity index (χ1n) is 6.52. The number of carbonyl (C=O) groups excluding carboxylic acids is 3. The molecule has 1 aromatic heterocycles. The van der Waals surface area contributed by atoms with Gasteiger partial charge in [0.25, 0.3) is 17.4 Å². The number of anilines is 1. The summed E-state index contributed by atoms with van der Waals surface area (Å²) in [6.45, 7) is 0. The van der Waals surface area contributed by atoms with Crippen LogP contribution < -0.4 is 21.3 Å². The molecule has 8 nitrogen and oxygen atoms in total. The Morgan fingerprint density at radius 3 is 2.57 bits per heavy atom. The summed E-state index contributed by atoms with van der Waals surface area (Å²) in [4.78, 5) is 46.8. The molecular weight excluding hydrogens is 302 g/mol. The van der Waals surface area contributed by atoms with Crippen LogP contribution in [0.4, 0.5) is 5.82 Å². The van der Waals surface area contributed by atoms with Crippen molar-refractivity contribution < 1.29 is 19.1 Å². The van der Waals surface area contributed by atoms with E-state index < -0.39 is 17.4 Å². The molecule has 1 aliphatic heterocycles. The molecule has 1 aliphatic rings. The van der Waals surface area contributed by atoms with Crippen molar-refractivity contribution in [3.05, 3.63) is 51.3 Å². The minimum absolute atomic E-state index is 0.0701. The van der Waals surface area contributed by atoms with Gasteiger partial charge in [0.2, 0.25) is 0 Å². The molecule has 0 saturated carbocycles. The van der Waals surface area contributed by atoms with Gasteiger partial charge in [0.05, 0.1) is 23.9 Å². The molecule has 0 fully saturated rings. The lowest BCUT2D eigenvalue weighted by Crippen LogP contribution is -2.24. The number of amides is 2. The van der Waals surface area contributed by atoms with Gasteiger partial charge in [0.15, 0.2) is 0 Å². The second-order valence-electron chi connectivity index (χ2n) is 4.82. The van der Waals surface area contributed by atoms with Crippen LogP contribution in [0.3, 0.4) is 0 Å². The Morgan fingerprint density at radius 1 is 1.17 bits per heavy atom. The maximum Gasteiger partial charge on any atom is 0.262 e. The lowest BCUT2D eigenvalue weighted by Gasteiger charge is -2.15. The minimum atomic E-state index is -0.679.